The van der Waals surface area contributed by atoms with Crippen LogP contribution >= 0.6 is 11.3 Å². The Morgan fingerprint density at radius 1 is 1.27 bits per heavy atom. The van der Waals surface area contributed by atoms with Crippen molar-refractivity contribution in [2.75, 3.05) is 5.32 Å². The number of unbranched alkanes of at least 4 members (excludes halogenated alkanes) is 1. The second kappa shape index (κ2) is 8.37. The molecule has 0 spiro atoms. The highest BCUT2D eigenvalue weighted by Crippen LogP contribution is 2.29. The Balaban J connectivity index is 1.80. The quantitative estimate of drug-likeness (QED) is 0.678. The molecule has 0 aliphatic rings. The summed E-state index contributed by atoms with van der Waals surface area (Å²) in [6.45, 7) is 2.06. The summed E-state index contributed by atoms with van der Waals surface area (Å²) in [5.41, 5.74) is 3.67. The monoisotopic (exact) mass is 362 g/mol. The topological polar surface area (TPSA) is 78.7 Å². The lowest BCUT2D eigenvalue weighted by molar-refractivity contribution is -0.116. The molecule has 0 radical (unpaired) electrons. The van der Waals surface area contributed by atoms with Crippen LogP contribution in [0.1, 0.15) is 31.7 Å². The van der Waals surface area contributed by atoms with Crippen molar-refractivity contribution in [3.63, 3.8) is 0 Å². The number of thiophene rings is 1. The third-order valence-electron chi connectivity index (χ3n) is 3.82. The first-order chi connectivity index (χ1) is 12.7. The second-order valence-corrected chi connectivity index (χ2v) is 6.74. The van der Waals surface area contributed by atoms with Crippen LogP contribution in [0.3, 0.4) is 0 Å². The number of hydrogen-bond donors (Lipinski definition) is 1. The Bertz CT molecular complexity index is 958. The smallest absolute Gasteiger partial charge is 0.224 e. The van der Waals surface area contributed by atoms with Crippen LogP contribution in [0.2, 0.25) is 0 Å². The van der Waals surface area contributed by atoms with Gasteiger partial charge in [0.1, 0.15) is 0 Å². The highest BCUT2D eigenvalue weighted by molar-refractivity contribution is 7.14. The molecule has 3 rings (SSSR count). The molecule has 0 unspecified atom stereocenters. The number of nitrogens with one attached hydrogen (secondary N) is 1. The number of nitrogens with zero attached hydrogens (tertiary/aromatic N) is 3. The van der Waals surface area contributed by atoms with Crippen LogP contribution < -0.4 is 5.32 Å². The minimum Gasteiger partial charge on any atom is -0.325 e. The van der Waals surface area contributed by atoms with E-state index in [4.69, 9.17) is 5.26 Å². The van der Waals surface area contributed by atoms with Crippen LogP contribution in [-0.4, -0.2) is 15.9 Å². The highest BCUT2D eigenvalue weighted by Gasteiger charge is 2.09. The van der Waals surface area contributed by atoms with E-state index in [9.17, 15) is 4.79 Å². The van der Waals surface area contributed by atoms with Gasteiger partial charge in [0.25, 0.3) is 0 Å². The molecule has 0 bridgehead atoms. The molecule has 1 N–H and O–H groups in total. The summed E-state index contributed by atoms with van der Waals surface area (Å²) in [5, 5.41) is 13.9. The molecule has 0 fully saturated rings. The average molecular weight is 362 g/mol. The summed E-state index contributed by atoms with van der Waals surface area (Å²) in [4.78, 5) is 21.7. The van der Waals surface area contributed by atoms with Gasteiger partial charge < -0.3 is 5.32 Å². The molecule has 130 valence electrons. The molecule has 1 amide bonds. The summed E-state index contributed by atoms with van der Waals surface area (Å²) < 4.78 is 0. The number of aromatic nitrogens is 2. The van der Waals surface area contributed by atoms with Gasteiger partial charge in [-0.1, -0.05) is 25.5 Å². The predicted molar refractivity (Wildman–Crippen MR) is 104 cm³/mol. The summed E-state index contributed by atoms with van der Waals surface area (Å²) in [6, 6.07) is 11.3. The molecular formula is C20H18N4OS. The maximum Gasteiger partial charge on any atom is 0.224 e. The van der Waals surface area contributed by atoms with Crippen LogP contribution in [0.15, 0.2) is 48.1 Å². The molecule has 0 saturated heterocycles. The first-order valence-electron chi connectivity index (χ1n) is 8.41. The van der Waals surface area contributed by atoms with Gasteiger partial charge in [0.2, 0.25) is 5.91 Å². The van der Waals surface area contributed by atoms with Crippen LogP contribution in [0.5, 0.6) is 0 Å². The molecule has 26 heavy (non-hydrogen) atoms. The van der Waals surface area contributed by atoms with Gasteiger partial charge >= 0.3 is 0 Å². The van der Waals surface area contributed by atoms with Crippen molar-refractivity contribution in [3.05, 3.63) is 53.7 Å². The van der Waals surface area contributed by atoms with Crippen molar-refractivity contribution < 1.29 is 4.79 Å². The van der Waals surface area contributed by atoms with E-state index in [1.165, 1.54) is 11.3 Å². The van der Waals surface area contributed by atoms with Gasteiger partial charge in [0.05, 0.1) is 46.0 Å². The maximum atomic E-state index is 11.9. The van der Waals surface area contributed by atoms with E-state index in [2.05, 4.69) is 28.3 Å². The van der Waals surface area contributed by atoms with E-state index in [-0.39, 0.29) is 5.91 Å². The van der Waals surface area contributed by atoms with Crippen molar-refractivity contribution in [1.82, 2.24) is 9.97 Å². The van der Waals surface area contributed by atoms with E-state index < -0.39 is 0 Å². The minimum absolute atomic E-state index is 0.0318. The zero-order valence-electron chi connectivity index (χ0n) is 14.4. The SMILES string of the molecule is CCCCC(=O)Nc1csc(-c2cncc(-c3cccc(C#N)c3)n2)c1. The van der Waals surface area contributed by atoms with E-state index in [1.54, 1.807) is 24.5 Å². The molecular weight excluding hydrogens is 344 g/mol. The zero-order valence-corrected chi connectivity index (χ0v) is 15.2. The fourth-order valence-electron chi connectivity index (χ4n) is 2.47. The summed E-state index contributed by atoms with van der Waals surface area (Å²) in [6.07, 6.45) is 5.80. The lowest BCUT2D eigenvalue weighted by atomic mass is 10.1. The van der Waals surface area contributed by atoms with Crippen molar-refractivity contribution in [1.29, 1.82) is 5.26 Å². The van der Waals surface area contributed by atoms with Gasteiger partial charge in [-0.25, -0.2) is 4.98 Å². The highest BCUT2D eigenvalue weighted by atomic mass is 32.1. The molecule has 3 aromatic rings. The average Bonchev–Trinajstić information content (AvgIpc) is 3.15. The van der Waals surface area contributed by atoms with Gasteiger partial charge in [-0.05, 0) is 24.6 Å². The van der Waals surface area contributed by atoms with E-state index in [0.717, 1.165) is 34.7 Å². The molecule has 0 aliphatic carbocycles. The first kappa shape index (κ1) is 17.8. The summed E-state index contributed by atoms with van der Waals surface area (Å²) >= 11 is 1.51. The van der Waals surface area contributed by atoms with Gasteiger partial charge in [-0.3, -0.25) is 9.78 Å². The van der Waals surface area contributed by atoms with E-state index in [1.807, 2.05) is 23.6 Å². The number of carbonyl (C=O) groups is 1. The molecule has 6 heteroatoms. The van der Waals surface area contributed by atoms with Gasteiger partial charge in [0, 0.05) is 17.4 Å². The maximum absolute atomic E-state index is 11.9. The van der Waals surface area contributed by atoms with Crippen LogP contribution in [-0.2, 0) is 4.79 Å². The molecule has 0 saturated carbocycles. The Labute approximate surface area is 156 Å². The van der Waals surface area contributed by atoms with E-state index >= 15 is 0 Å². The van der Waals surface area contributed by atoms with Crippen LogP contribution in [0.4, 0.5) is 5.69 Å². The second-order valence-electron chi connectivity index (χ2n) is 5.83. The summed E-state index contributed by atoms with van der Waals surface area (Å²) in [5.74, 6) is 0.0318. The normalized spacial score (nSPS) is 10.3. The minimum atomic E-state index is 0.0318. The third-order valence-corrected chi connectivity index (χ3v) is 4.77. The number of benzene rings is 1. The van der Waals surface area contributed by atoms with Crippen molar-refractivity contribution >= 4 is 22.9 Å². The molecule has 1 aromatic carbocycles. The standard InChI is InChI=1S/C20H18N4OS/c1-2-3-7-20(25)23-16-9-19(26-13-16)18-12-22-11-17(24-18)15-6-4-5-14(8-15)10-21/h4-6,8-9,11-13H,2-3,7H2,1H3,(H,23,25). The third kappa shape index (κ3) is 4.32. The largest absolute Gasteiger partial charge is 0.325 e. The Kier molecular flexibility index (Phi) is 5.72. The van der Waals surface area contributed by atoms with Gasteiger partial charge in [0.15, 0.2) is 0 Å². The molecule has 2 aromatic heterocycles. The Hall–Kier alpha value is -3.04. The molecule has 0 atom stereocenters. The predicted octanol–water partition coefficient (Wildman–Crippen LogP) is 4.87. The lowest BCUT2D eigenvalue weighted by Gasteiger charge is -2.03. The van der Waals surface area contributed by atoms with Crippen molar-refractivity contribution in [2.45, 2.75) is 26.2 Å². The molecule has 0 aliphatic heterocycles. The fraction of sp³-hybridized carbons (Fsp3) is 0.200. The zero-order chi connectivity index (χ0) is 18.4. The van der Waals surface area contributed by atoms with Crippen LogP contribution in [0.25, 0.3) is 21.8 Å². The number of hydrogen-bond acceptors (Lipinski definition) is 5. The van der Waals surface area contributed by atoms with Crippen molar-refractivity contribution in [3.8, 4) is 27.9 Å². The summed E-state index contributed by atoms with van der Waals surface area (Å²) in [7, 11) is 0. The Morgan fingerprint density at radius 3 is 2.92 bits per heavy atom. The first-order valence-corrected chi connectivity index (χ1v) is 9.29. The number of amides is 1. The van der Waals surface area contributed by atoms with Crippen molar-refractivity contribution in [2.24, 2.45) is 0 Å². The molecule has 5 nitrogen and oxygen atoms in total. The number of anilines is 1. The van der Waals surface area contributed by atoms with E-state index in [0.29, 0.717) is 17.7 Å². The lowest BCUT2D eigenvalue weighted by Crippen LogP contribution is -2.09. The Morgan fingerprint density at radius 2 is 2.12 bits per heavy atom. The number of carbonyl (C=O) groups excluding carboxylic acids is 1. The van der Waals surface area contributed by atoms with Gasteiger partial charge in [-0.2, -0.15) is 5.26 Å². The van der Waals surface area contributed by atoms with Gasteiger partial charge in [-0.15, -0.1) is 11.3 Å². The van der Waals surface area contributed by atoms with Crippen LogP contribution in [0, 0.1) is 11.3 Å². The molecule has 2 heterocycles. The number of nitriles is 1. The number of rotatable bonds is 6. The fourth-order valence-corrected chi connectivity index (χ4v) is 3.26.